The van der Waals surface area contributed by atoms with Crippen molar-refractivity contribution in [1.82, 2.24) is 4.90 Å². The highest BCUT2D eigenvalue weighted by Crippen LogP contribution is 2.25. The number of hydrogen-bond acceptors (Lipinski definition) is 3. The van der Waals surface area contributed by atoms with E-state index in [-0.39, 0.29) is 12.2 Å². The second-order valence-corrected chi connectivity index (χ2v) is 4.49. The van der Waals surface area contributed by atoms with Crippen molar-refractivity contribution < 1.29 is 9.84 Å². The highest BCUT2D eigenvalue weighted by molar-refractivity contribution is 5.15. The van der Waals surface area contributed by atoms with Gasteiger partial charge in [0.2, 0.25) is 0 Å². The third-order valence-corrected chi connectivity index (χ3v) is 3.37. The van der Waals surface area contributed by atoms with Crippen LogP contribution in [0.1, 0.15) is 12.0 Å². The second-order valence-electron chi connectivity index (χ2n) is 4.49. The lowest BCUT2D eigenvalue weighted by Crippen LogP contribution is -2.38. The minimum Gasteiger partial charge on any atom is -0.393 e. The number of rotatable bonds is 4. The maximum absolute atomic E-state index is 9.35. The Kier molecular flexibility index (Phi) is 3.59. The van der Waals surface area contributed by atoms with Crippen molar-refractivity contribution in [3.8, 4) is 0 Å². The summed E-state index contributed by atoms with van der Waals surface area (Å²) in [5.74, 6) is 0. The van der Waals surface area contributed by atoms with Crippen LogP contribution in [-0.2, 0) is 11.3 Å². The molecule has 1 atom stereocenters. The van der Waals surface area contributed by atoms with Crippen molar-refractivity contribution in [2.24, 2.45) is 0 Å². The van der Waals surface area contributed by atoms with Crippen LogP contribution >= 0.6 is 0 Å². The summed E-state index contributed by atoms with van der Waals surface area (Å²) in [6, 6.07) is 10.4. The fourth-order valence-corrected chi connectivity index (χ4v) is 2.26. The summed E-state index contributed by atoms with van der Waals surface area (Å²) in [5, 5.41) is 9.35. The Morgan fingerprint density at radius 1 is 1.38 bits per heavy atom. The van der Waals surface area contributed by atoms with E-state index in [1.807, 2.05) is 6.07 Å². The van der Waals surface area contributed by atoms with Gasteiger partial charge < -0.3 is 9.84 Å². The molecular weight excluding hydrogens is 202 g/mol. The lowest BCUT2D eigenvalue weighted by Gasteiger charge is -2.25. The predicted molar refractivity (Wildman–Crippen MR) is 63.2 cm³/mol. The molecule has 1 aliphatic heterocycles. The van der Waals surface area contributed by atoms with E-state index in [0.717, 1.165) is 26.1 Å². The monoisotopic (exact) mass is 221 g/mol. The molecule has 0 aromatic heterocycles. The highest BCUT2D eigenvalue weighted by Gasteiger charge is 2.37. The number of aliphatic hydroxyl groups is 1. The summed E-state index contributed by atoms with van der Waals surface area (Å²) >= 11 is 0. The van der Waals surface area contributed by atoms with Crippen molar-refractivity contribution in [3.05, 3.63) is 35.9 Å². The first-order valence-corrected chi connectivity index (χ1v) is 5.70. The average Bonchev–Trinajstić information content (AvgIpc) is 2.75. The molecule has 0 aliphatic carbocycles. The maximum atomic E-state index is 9.35. The van der Waals surface area contributed by atoms with Gasteiger partial charge in [-0.15, -0.1) is 0 Å². The third-order valence-electron chi connectivity index (χ3n) is 3.37. The molecule has 0 bridgehead atoms. The topological polar surface area (TPSA) is 32.7 Å². The zero-order chi connectivity index (χ0) is 11.4. The first-order valence-electron chi connectivity index (χ1n) is 5.70. The molecule has 1 unspecified atom stereocenters. The van der Waals surface area contributed by atoms with E-state index in [1.54, 1.807) is 7.11 Å². The van der Waals surface area contributed by atoms with E-state index < -0.39 is 0 Å². The molecular formula is C13H19NO2. The Hall–Kier alpha value is -0.900. The van der Waals surface area contributed by atoms with Gasteiger partial charge in [-0.05, 0) is 12.0 Å². The molecule has 1 saturated heterocycles. The van der Waals surface area contributed by atoms with Crippen LogP contribution < -0.4 is 0 Å². The quantitative estimate of drug-likeness (QED) is 0.831. The molecule has 1 fully saturated rings. The second kappa shape index (κ2) is 4.95. The molecule has 1 heterocycles. The number of nitrogens with zero attached hydrogens (tertiary/aromatic N) is 1. The molecule has 16 heavy (non-hydrogen) atoms. The van der Waals surface area contributed by atoms with Crippen LogP contribution in [0.2, 0.25) is 0 Å². The Labute approximate surface area is 96.6 Å². The highest BCUT2D eigenvalue weighted by atomic mass is 16.5. The normalized spacial score (nSPS) is 26.1. The minimum atomic E-state index is -0.339. The van der Waals surface area contributed by atoms with Gasteiger partial charge in [-0.25, -0.2) is 0 Å². The van der Waals surface area contributed by atoms with Crippen molar-refractivity contribution in [2.45, 2.75) is 18.6 Å². The van der Waals surface area contributed by atoms with Gasteiger partial charge in [-0.3, -0.25) is 4.90 Å². The number of likely N-dealkylation sites (tertiary alicyclic amines) is 1. The zero-order valence-corrected chi connectivity index (χ0v) is 9.72. The van der Waals surface area contributed by atoms with Crippen molar-refractivity contribution in [1.29, 1.82) is 0 Å². The van der Waals surface area contributed by atoms with Gasteiger partial charge in [0.25, 0.3) is 0 Å². The Balaban J connectivity index is 1.95. The van der Waals surface area contributed by atoms with Gasteiger partial charge in [0.15, 0.2) is 0 Å². The van der Waals surface area contributed by atoms with Crippen molar-refractivity contribution >= 4 is 0 Å². The fourth-order valence-electron chi connectivity index (χ4n) is 2.26. The molecule has 0 spiro atoms. The molecule has 1 aromatic carbocycles. The van der Waals surface area contributed by atoms with Crippen molar-refractivity contribution in [3.63, 3.8) is 0 Å². The smallest absolute Gasteiger partial charge is 0.105 e. The molecule has 1 N–H and O–H groups in total. The van der Waals surface area contributed by atoms with Gasteiger partial charge in [0.05, 0.1) is 6.61 Å². The fraction of sp³-hybridized carbons (Fsp3) is 0.538. The number of methoxy groups -OCH3 is 1. The van der Waals surface area contributed by atoms with Gasteiger partial charge >= 0.3 is 0 Å². The molecule has 3 heteroatoms. The molecule has 0 radical (unpaired) electrons. The van der Waals surface area contributed by atoms with Gasteiger partial charge in [0, 0.05) is 26.7 Å². The first kappa shape index (κ1) is 11.6. The molecule has 88 valence electrons. The lowest BCUT2D eigenvalue weighted by molar-refractivity contribution is -0.0433. The van der Waals surface area contributed by atoms with Crippen LogP contribution in [0.4, 0.5) is 0 Å². The summed E-state index contributed by atoms with van der Waals surface area (Å²) in [6.07, 6.45) is 0.910. The summed E-state index contributed by atoms with van der Waals surface area (Å²) < 4.78 is 5.42. The number of hydrogen-bond donors (Lipinski definition) is 1. The van der Waals surface area contributed by atoms with E-state index in [0.29, 0.717) is 0 Å². The number of ether oxygens (including phenoxy) is 1. The van der Waals surface area contributed by atoms with E-state index in [9.17, 15) is 5.11 Å². The third kappa shape index (κ3) is 2.43. The average molecular weight is 221 g/mol. The van der Waals surface area contributed by atoms with Gasteiger partial charge in [-0.2, -0.15) is 0 Å². The van der Waals surface area contributed by atoms with Crippen LogP contribution in [0, 0.1) is 0 Å². The predicted octanol–water partition coefficient (Wildman–Crippen LogP) is 1.27. The van der Waals surface area contributed by atoms with Gasteiger partial charge in [0.1, 0.15) is 5.60 Å². The number of aliphatic hydroxyl groups excluding tert-OH is 1. The number of benzene rings is 1. The Morgan fingerprint density at radius 3 is 2.69 bits per heavy atom. The molecule has 1 aliphatic rings. The van der Waals surface area contributed by atoms with Crippen LogP contribution in [0.25, 0.3) is 0 Å². The standard InChI is InChI=1S/C13H19NO2/c1-16-13(11-15)7-8-14(10-13)9-12-5-3-2-4-6-12/h2-6,15H,7-11H2,1H3. The molecule has 2 rings (SSSR count). The zero-order valence-electron chi connectivity index (χ0n) is 9.72. The molecule has 3 nitrogen and oxygen atoms in total. The summed E-state index contributed by atoms with van der Waals surface area (Å²) in [7, 11) is 1.68. The van der Waals surface area contributed by atoms with E-state index in [1.165, 1.54) is 5.56 Å². The van der Waals surface area contributed by atoms with Crippen LogP contribution in [0.5, 0.6) is 0 Å². The SMILES string of the molecule is COC1(CO)CCN(Cc2ccccc2)C1. The van der Waals surface area contributed by atoms with E-state index in [4.69, 9.17) is 4.74 Å². The molecule has 0 saturated carbocycles. The van der Waals surface area contributed by atoms with Crippen LogP contribution in [0.3, 0.4) is 0 Å². The summed E-state index contributed by atoms with van der Waals surface area (Å²) in [4.78, 5) is 2.33. The Bertz CT molecular complexity index is 322. The minimum absolute atomic E-state index is 0.106. The maximum Gasteiger partial charge on any atom is 0.105 e. The van der Waals surface area contributed by atoms with Gasteiger partial charge in [-0.1, -0.05) is 30.3 Å². The molecule has 1 aromatic rings. The first-order chi connectivity index (χ1) is 7.78. The Morgan fingerprint density at radius 2 is 2.12 bits per heavy atom. The summed E-state index contributed by atoms with van der Waals surface area (Å²) in [5.41, 5.74) is 0.974. The van der Waals surface area contributed by atoms with E-state index >= 15 is 0 Å². The lowest BCUT2D eigenvalue weighted by atomic mass is 10.1. The molecule has 0 amide bonds. The van der Waals surface area contributed by atoms with Crippen molar-refractivity contribution in [2.75, 3.05) is 26.8 Å². The van der Waals surface area contributed by atoms with E-state index in [2.05, 4.69) is 29.2 Å². The van der Waals surface area contributed by atoms with Crippen LogP contribution in [-0.4, -0.2) is 42.4 Å². The largest absolute Gasteiger partial charge is 0.393 e. The van der Waals surface area contributed by atoms with Crippen LogP contribution in [0.15, 0.2) is 30.3 Å². The summed E-state index contributed by atoms with van der Waals surface area (Å²) in [6.45, 7) is 2.85.